The van der Waals surface area contributed by atoms with Crippen LogP contribution in [0.15, 0.2) is 40.4 Å². The Morgan fingerprint density at radius 3 is 2.43 bits per heavy atom. The van der Waals surface area contributed by atoms with E-state index in [4.69, 9.17) is 10.9 Å². The van der Waals surface area contributed by atoms with Crippen molar-refractivity contribution in [3.63, 3.8) is 0 Å². The van der Waals surface area contributed by atoms with E-state index in [0.717, 1.165) is 0 Å². The molecule has 4 N–H and O–H groups in total. The SMILES string of the molecule is CN1CCC(NS(=O)(=O)c2ccccc2)(/C(N)=N/O)CC1. The van der Waals surface area contributed by atoms with Gasteiger partial charge in [0.25, 0.3) is 0 Å². The molecule has 0 spiro atoms. The van der Waals surface area contributed by atoms with Crippen LogP contribution in [0.2, 0.25) is 0 Å². The number of benzene rings is 1. The third kappa shape index (κ3) is 3.34. The van der Waals surface area contributed by atoms with Gasteiger partial charge < -0.3 is 15.8 Å². The predicted molar refractivity (Wildman–Crippen MR) is 79.6 cm³/mol. The summed E-state index contributed by atoms with van der Waals surface area (Å²) in [6.07, 6.45) is 0.900. The number of nitrogens with zero attached hydrogens (tertiary/aromatic N) is 2. The summed E-state index contributed by atoms with van der Waals surface area (Å²) in [7, 11) is -1.79. The Kier molecular flexibility index (Phi) is 4.50. The Labute approximate surface area is 124 Å². The van der Waals surface area contributed by atoms with Crippen LogP contribution in [0, 0.1) is 0 Å². The summed E-state index contributed by atoms with van der Waals surface area (Å²) < 4.78 is 27.6. The molecular formula is C13H20N4O3S. The number of piperidine rings is 1. The molecule has 7 nitrogen and oxygen atoms in total. The summed E-state index contributed by atoms with van der Waals surface area (Å²) in [5.74, 6) is -0.102. The molecule has 0 aliphatic carbocycles. The number of hydrogen-bond donors (Lipinski definition) is 3. The number of amidine groups is 1. The molecular weight excluding hydrogens is 292 g/mol. The molecule has 2 rings (SSSR count). The molecule has 21 heavy (non-hydrogen) atoms. The maximum atomic E-state index is 12.5. The molecule has 0 atom stereocenters. The van der Waals surface area contributed by atoms with Crippen LogP contribution < -0.4 is 10.5 Å². The van der Waals surface area contributed by atoms with Gasteiger partial charge in [-0.05, 0) is 32.0 Å². The fraction of sp³-hybridized carbons (Fsp3) is 0.462. The molecule has 1 aliphatic rings. The summed E-state index contributed by atoms with van der Waals surface area (Å²) >= 11 is 0. The molecule has 8 heteroatoms. The summed E-state index contributed by atoms with van der Waals surface area (Å²) in [4.78, 5) is 2.23. The number of nitrogens with two attached hydrogens (primary N) is 1. The number of rotatable bonds is 4. The fourth-order valence-electron chi connectivity index (χ4n) is 2.42. The Morgan fingerprint density at radius 2 is 1.90 bits per heavy atom. The summed E-state index contributed by atoms with van der Waals surface area (Å²) in [5, 5.41) is 12.0. The summed E-state index contributed by atoms with van der Waals surface area (Å²) in [6.45, 7) is 1.32. The van der Waals surface area contributed by atoms with E-state index in [1.54, 1.807) is 18.2 Å². The van der Waals surface area contributed by atoms with Gasteiger partial charge in [0, 0.05) is 13.1 Å². The van der Waals surface area contributed by atoms with Crippen molar-refractivity contribution in [3.05, 3.63) is 30.3 Å². The third-order valence-electron chi connectivity index (χ3n) is 3.82. The molecule has 0 saturated carbocycles. The Balaban J connectivity index is 2.32. The number of likely N-dealkylation sites (tertiary alicyclic amines) is 1. The monoisotopic (exact) mass is 312 g/mol. The predicted octanol–water partition coefficient (Wildman–Crippen LogP) is 0.176. The van der Waals surface area contributed by atoms with Crippen molar-refractivity contribution in [2.24, 2.45) is 10.9 Å². The highest BCUT2D eigenvalue weighted by atomic mass is 32.2. The molecule has 116 valence electrons. The van der Waals surface area contributed by atoms with Gasteiger partial charge in [-0.25, -0.2) is 8.42 Å². The lowest BCUT2D eigenvalue weighted by atomic mass is 9.88. The van der Waals surface area contributed by atoms with Gasteiger partial charge in [-0.1, -0.05) is 23.4 Å². The van der Waals surface area contributed by atoms with Crippen molar-refractivity contribution in [2.45, 2.75) is 23.3 Å². The first-order chi connectivity index (χ1) is 9.89. The van der Waals surface area contributed by atoms with Gasteiger partial charge >= 0.3 is 0 Å². The van der Waals surface area contributed by atoms with Gasteiger partial charge in [-0.15, -0.1) is 0 Å². The van der Waals surface area contributed by atoms with Gasteiger partial charge in [-0.2, -0.15) is 4.72 Å². The minimum absolute atomic E-state index is 0.102. The van der Waals surface area contributed by atoms with Crippen molar-refractivity contribution in [2.75, 3.05) is 20.1 Å². The molecule has 0 aromatic heterocycles. The van der Waals surface area contributed by atoms with Crippen molar-refractivity contribution < 1.29 is 13.6 Å². The Bertz CT molecular complexity index is 608. The quantitative estimate of drug-likeness (QED) is 0.318. The molecule has 1 aromatic rings. The van der Waals surface area contributed by atoms with Gasteiger partial charge in [-0.3, -0.25) is 0 Å². The highest BCUT2D eigenvalue weighted by Gasteiger charge is 2.41. The van der Waals surface area contributed by atoms with E-state index in [2.05, 4.69) is 14.8 Å². The van der Waals surface area contributed by atoms with Crippen molar-refractivity contribution in [1.29, 1.82) is 0 Å². The highest BCUT2D eigenvalue weighted by Crippen LogP contribution is 2.24. The Morgan fingerprint density at radius 1 is 1.33 bits per heavy atom. The molecule has 1 saturated heterocycles. The topological polar surface area (TPSA) is 108 Å². The zero-order chi connectivity index (χ0) is 15.5. The minimum Gasteiger partial charge on any atom is -0.409 e. The van der Waals surface area contributed by atoms with E-state index in [9.17, 15) is 8.42 Å². The van der Waals surface area contributed by atoms with E-state index >= 15 is 0 Å². The van der Waals surface area contributed by atoms with Crippen LogP contribution >= 0.6 is 0 Å². The van der Waals surface area contributed by atoms with Gasteiger partial charge in [0.05, 0.1) is 10.4 Å². The first-order valence-electron chi connectivity index (χ1n) is 6.65. The normalized spacial score (nSPS) is 20.3. The van der Waals surface area contributed by atoms with Crippen molar-refractivity contribution >= 4 is 15.9 Å². The van der Waals surface area contributed by atoms with Crippen molar-refractivity contribution in [1.82, 2.24) is 9.62 Å². The van der Waals surface area contributed by atoms with Crippen LogP contribution in [0.3, 0.4) is 0 Å². The van der Waals surface area contributed by atoms with Crippen molar-refractivity contribution in [3.8, 4) is 0 Å². The smallest absolute Gasteiger partial charge is 0.241 e. The third-order valence-corrected chi connectivity index (χ3v) is 5.37. The van der Waals surface area contributed by atoms with E-state index in [1.165, 1.54) is 12.1 Å². The zero-order valence-electron chi connectivity index (χ0n) is 11.9. The van der Waals surface area contributed by atoms with Crippen LogP contribution in [-0.2, 0) is 10.0 Å². The molecule has 1 heterocycles. The van der Waals surface area contributed by atoms with E-state index in [0.29, 0.717) is 25.9 Å². The van der Waals surface area contributed by atoms with Crippen LogP contribution in [0.25, 0.3) is 0 Å². The lowest BCUT2D eigenvalue weighted by molar-refractivity contribution is 0.213. The number of oxime groups is 1. The summed E-state index contributed by atoms with van der Waals surface area (Å²) in [6, 6.07) is 8.07. The van der Waals surface area contributed by atoms with E-state index < -0.39 is 15.6 Å². The molecule has 1 aliphatic heterocycles. The molecule has 1 fully saturated rings. The largest absolute Gasteiger partial charge is 0.409 e. The van der Waals surface area contributed by atoms with Gasteiger partial charge in [0.15, 0.2) is 5.84 Å². The average Bonchev–Trinajstić information content (AvgIpc) is 2.49. The number of hydrogen-bond acceptors (Lipinski definition) is 5. The molecule has 1 aromatic carbocycles. The fourth-order valence-corrected chi connectivity index (χ4v) is 3.88. The highest BCUT2D eigenvalue weighted by molar-refractivity contribution is 7.89. The molecule has 0 radical (unpaired) electrons. The molecule has 0 unspecified atom stereocenters. The second kappa shape index (κ2) is 6.00. The van der Waals surface area contributed by atoms with Crippen LogP contribution in [0.5, 0.6) is 0 Å². The number of nitrogens with one attached hydrogen (secondary N) is 1. The van der Waals surface area contributed by atoms with Crippen LogP contribution in [-0.4, -0.2) is 50.0 Å². The second-order valence-electron chi connectivity index (χ2n) is 5.29. The lowest BCUT2D eigenvalue weighted by Crippen LogP contribution is -2.61. The molecule has 0 bridgehead atoms. The summed E-state index contributed by atoms with van der Waals surface area (Å²) in [5.41, 5.74) is 4.72. The average molecular weight is 312 g/mol. The second-order valence-corrected chi connectivity index (χ2v) is 6.97. The maximum Gasteiger partial charge on any atom is 0.241 e. The van der Waals surface area contributed by atoms with Gasteiger partial charge in [0.1, 0.15) is 0 Å². The van der Waals surface area contributed by atoms with Crippen LogP contribution in [0.4, 0.5) is 0 Å². The van der Waals surface area contributed by atoms with E-state index in [1.807, 2.05) is 7.05 Å². The number of sulfonamides is 1. The zero-order valence-corrected chi connectivity index (χ0v) is 12.7. The Hall–Kier alpha value is -1.64. The van der Waals surface area contributed by atoms with Crippen LogP contribution in [0.1, 0.15) is 12.8 Å². The van der Waals surface area contributed by atoms with Gasteiger partial charge in [0.2, 0.25) is 10.0 Å². The standard InChI is InChI=1S/C13H20N4O3S/c1-17-9-7-13(8-10-17,12(14)15-18)16-21(19,20)11-5-3-2-4-6-11/h2-6,16,18H,7-10H2,1H3,(H2,14,15). The first-order valence-corrected chi connectivity index (χ1v) is 8.13. The lowest BCUT2D eigenvalue weighted by Gasteiger charge is -2.39. The first kappa shape index (κ1) is 15.7. The minimum atomic E-state index is -3.73. The maximum absolute atomic E-state index is 12.5. The molecule has 0 amide bonds. The van der Waals surface area contributed by atoms with E-state index in [-0.39, 0.29) is 10.7 Å².